The van der Waals surface area contributed by atoms with Crippen LogP contribution in [0.1, 0.15) is 15.9 Å². The van der Waals surface area contributed by atoms with Crippen LogP contribution in [0.2, 0.25) is 0 Å². The summed E-state index contributed by atoms with van der Waals surface area (Å²) in [5.41, 5.74) is 4.19. The van der Waals surface area contributed by atoms with Crippen molar-refractivity contribution in [2.45, 2.75) is 6.92 Å². The number of pyridine rings is 1. The molecule has 0 fully saturated rings. The number of carbonyl (C=O) groups excluding carboxylic acids is 1. The summed E-state index contributed by atoms with van der Waals surface area (Å²) in [5, 5.41) is 4.93. The van der Waals surface area contributed by atoms with Crippen LogP contribution in [0.15, 0.2) is 81.8 Å². The van der Waals surface area contributed by atoms with Crippen molar-refractivity contribution in [3.63, 3.8) is 0 Å². The van der Waals surface area contributed by atoms with Gasteiger partial charge in [-0.25, -0.2) is 4.98 Å². The molecule has 5 rings (SSSR count). The van der Waals surface area contributed by atoms with Crippen molar-refractivity contribution in [1.82, 2.24) is 9.97 Å². The van der Waals surface area contributed by atoms with E-state index in [1.165, 1.54) is 0 Å². The number of benzene rings is 3. The van der Waals surface area contributed by atoms with Gasteiger partial charge in [0.15, 0.2) is 11.2 Å². The second-order valence-electron chi connectivity index (χ2n) is 6.92. The minimum Gasteiger partial charge on any atom is -0.434 e. The first-order chi connectivity index (χ1) is 14.6. The Hall–Kier alpha value is -3.51. The van der Waals surface area contributed by atoms with E-state index in [0.29, 0.717) is 28.4 Å². The van der Waals surface area contributed by atoms with Crippen molar-refractivity contribution in [3.8, 4) is 11.5 Å². The normalized spacial score (nSPS) is 11.1. The van der Waals surface area contributed by atoms with Gasteiger partial charge in [0.2, 0.25) is 5.89 Å². The average molecular weight is 458 g/mol. The fourth-order valence-corrected chi connectivity index (χ4v) is 4.04. The molecule has 1 amide bonds. The van der Waals surface area contributed by atoms with Gasteiger partial charge in [0.25, 0.3) is 5.91 Å². The lowest BCUT2D eigenvalue weighted by molar-refractivity contribution is 0.102. The Balaban J connectivity index is 1.52. The highest BCUT2D eigenvalue weighted by Crippen LogP contribution is 2.31. The molecule has 5 nitrogen and oxygen atoms in total. The van der Waals surface area contributed by atoms with Gasteiger partial charge >= 0.3 is 0 Å². The third-order valence-electron chi connectivity index (χ3n) is 5.09. The summed E-state index contributed by atoms with van der Waals surface area (Å²) >= 11 is 3.55. The first kappa shape index (κ1) is 18.5. The lowest BCUT2D eigenvalue weighted by Gasteiger charge is -2.12. The number of hydrogen-bond donors (Lipinski definition) is 1. The number of hydrogen-bond acceptors (Lipinski definition) is 4. The fourth-order valence-electron chi connectivity index (χ4n) is 3.55. The second-order valence-corrected chi connectivity index (χ2v) is 7.77. The monoisotopic (exact) mass is 457 g/mol. The number of nitrogens with zero attached hydrogens (tertiary/aromatic N) is 2. The molecule has 6 heteroatoms. The van der Waals surface area contributed by atoms with E-state index < -0.39 is 0 Å². The van der Waals surface area contributed by atoms with Gasteiger partial charge in [-0.1, -0.05) is 46.3 Å². The molecule has 1 N–H and O–H groups in total. The van der Waals surface area contributed by atoms with E-state index in [0.717, 1.165) is 26.4 Å². The number of amides is 1. The van der Waals surface area contributed by atoms with Gasteiger partial charge < -0.3 is 9.73 Å². The molecule has 0 saturated carbocycles. The summed E-state index contributed by atoms with van der Waals surface area (Å²) in [6.45, 7) is 1.94. The summed E-state index contributed by atoms with van der Waals surface area (Å²) < 4.78 is 6.81. The Kier molecular flexibility index (Phi) is 4.56. The Morgan fingerprint density at radius 3 is 2.63 bits per heavy atom. The smallest absolute Gasteiger partial charge is 0.256 e. The molecule has 146 valence electrons. The maximum Gasteiger partial charge on any atom is 0.256 e. The third kappa shape index (κ3) is 3.15. The molecule has 3 aromatic carbocycles. The highest BCUT2D eigenvalue weighted by molar-refractivity contribution is 9.10. The van der Waals surface area contributed by atoms with E-state index in [9.17, 15) is 4.79 Å². The molecule has 5 aromatic rings. The van der Waals surface area contributed by atoms with Gasteiger partial charge in [0.1, 0.15) is 0 Å². The van der Waals surface area contributed by atoms with E-state index in [1.54, 1.807) is 6.20 Å². The Labute approximate surface area is 180 Å². The van der Waals surface area contributed by atoms with Crippen molar-refractivity contribution < 1.29 is 9.21 Å². The van der Waals surface area contributed by atoms with Crippen LogP contribution in [-0.2, 0) is 0 Å². The van der Waals surface area contributed by atoms with Crippen molar-refractivity contribution in [2.24, 2.45) is 0 Å². The molecule has 0 aliphatic heterocycles. The van der Waals surface area contributed by atoms with Gasteiger partial charge in [-0.05, 0) is 59.7 Å². The number of carbonyl (C=O) groups is 1. The topological polar surface area (TPSA) is 68.0 Å². The molecule has 0 bridgehead atoms. The summed E-state index contributed by atoms with van der Waals surface area (Å²) in [4.78, 5) is 21.8. The van der Waals surface area contributed by atoms with Gasteiger partial charge in [0.05, 0.1) is 0 Å². The van der Waals surface area contributed by atoms with Crippen molar-refractivity contribution >= 4 is 49.5 Å². The number of oxazole rings is 1. The van der Waals surface area contributed by atoms with Crippen LogP contribution in [0.4, 0.5) is 5.69 Å². The van der Waals surface area contributed by atoms with Crippen molar-refractivity contribution in [2.75, 3.05) is 5.32 Å². The first-order valence-electron chi connectivity index (χ1n) is 9.42. The minimum absolute atomic E-state index is 0.168. The molecule has 0 atom stereocenters. The minimum atomic E-state index is -0.168. The van der Waals surface area contributed by atoms with Gasteiger partial charge in [-0.3, -0.25) is 4.79 Å². The number of fused-ring (bicyclic) bond motifs is 2. The van der Waals surface area contributed by atoms with Gasteiger partial charge in [0, 0.05) is 27.5 Å². The van der Waals surface area contributed by atoms with Gasteiger partial charge in [-0.2, -0.15) is 4.98 Å². The van der Waals surface area contributed by atoms with Crippen LogP contribution < -0.4 is 5.32 Å². The molecule has 0 aliphatic carbocycles. The van der Waals surface area contributed by atoms with Crippen molar-refractivity contribution in [3.05, 3.63) is 88.5 Å². The maximum atomic E-state index is 13.1. The zero-order valence-corrected chi connectivity index (χ0v) is 17.6. The SMILES string of the molecule is Cc1c(NC(=O)c2cccc3c(Br)cccc23)cccc1-c1nc2ncccc2o1. The van der Waals surface area contributed by atoms with Crippen molar-refractivity contribution in [1.29, 1.82) is 0 Å². The Bertz CT molecular complexity index is 1390. The quantitative estimate of drug-likeness (QED) is 0.341. The molecule has 30 heavy (non-hydrogen) atoms. The maximum absolute atomic E-state index is 13.1. The highest BCUT2D eigenvalue weighted by atomic mass is 79.9. The molecule has 0 spiro atoms. The molecule has 2 aromatic heterocycles. The van der Waals surface area contributed by atoms with E-state index in [-0.39, 0.29) is 5.91 Å². The van der Waals surface area contributed by atoms with E-state index in [4.69, 9.17) is 4.42 Å². The molecule has 2 heterocycles. The Morgan fingerprint density at radius 2 is 1.77 bits per heavy atom. The predicted molar refractivity (Wildman–Crippen MR) is 122 cm³/mol. The lowest BCUT2D eigenvalue weighted by atomic mass is 10.0. The predicted octanol–water partition coefficient (Wildman–Crippen LogP) is 6.37. The van der Waals surface area contributed by atoms with Crippen LogP contribution in [0.3, 0.4) is 0 Å². The van der Waals surface area contributed by atoms with Crippen LogP contribution in [0.25, 0.3) is 33.5 Å². The molecule has 0 radical (unpaired) electrons. The lowest BCUT2D eigenvalue weighted by Crippen LogP contribution is -2.13. The van der Waals surface area contributed by atoms with Crippen LogP contribution in [0, 0.1) is 6.92 Å². The summed E-state index contributed by atoms with van der Waals surface area (Å²) in [5.74, 6) is 0.310. The van der Waals surface area contributed by atoms with Gasteiger partial charge in [-0.15, -0.1) is 0 Å². The van der Waals surface area contributed by atoms with Crippen LogP contribution in [0.5, 0.6) is 0 Å². The first-order valence-corrected chi connectivity index (χ1v) is 10.2. The van der Waals surface area contributed by atoms with E-state index in [1.807, 2.05) is 73.7 Å². The molecule has 0 unspecified atom stereocenters. The average Bonchev–Trinajstić information content (AvgIpc) is 3.19. The molecule has 0 saturated heterocycles. The van der Waals surface area contributed by atoms with Crippen LogP contribution >= 0.6 is 15.9 Å². The number of halogens is 1. The summed E-state index contributed by atoms with van der Waals surface area (Å²) in [6.07, 6.45) is 1.68. The number of rotatable bonds is 3. The van der Waals surface area contributed by atoms with E-state index >= 15 is 0 Å². The molecule has 0 aliphatic rings. The number of aromatic nitrogens is 2. The van der Waals surface area contributed by atoms with Crippen LogP contribution in [-0.4, -0.2) is 15.9 Å². The molecular weight excluding hydrogens is 442 g/mol. The number of nitrogens with one attached hydrogen (secondary N) is 1. The molecular formula is C24H16BrN3O2. The summed E-state index contributed by atoms with van der Waals surface area (Å²) in [7, 11) is 0. The fraction of sp³-hybridized carbons (Fsp3) is 0.0417. The zero-order chi connectivity index (χ0) is 20.7. The summed E-state index contributed by atoms with van der Waals surface area (Å²) in [6, 6.07) is 20.9. The second kappa shape index (κ2) is 7.39. The zero-order valence-electron chi connectivity index (χ0n) is 16.0. The Morgan fingerprint density at radius 1 is 0.967 bits per heavy atom. The highest BCUT2D eigenvalue weighted by Gasteiger charge is 2.16. The standard InChI is InChI=1S/C24H16BrN3O2/c1-14-15(24-28-22-21(30-24)12-5-13-26-22)6-4-11-20(14)27-23(29)18-9-2-8-17-16(18)7-3-10-19(17)25/h2-13H,1H3,(H,27,29). The third-order valence-corrected chi connectivity index (χ3v) is 5.78. The largest absolute Gasteiger partial charge is 0.434 e. The van der Waals surface area contributed by atoms with E-state index in [2.05, 4.69) is 31.2 Å². The number of anilines is 1.